The van der Waals surface area contributed by atoms with Crippen LogP contribution in [-0.2, 0) is 16.0 Å². The standard InChI is InChI=1S/C19H26FN3O2/c20-17-6-4-16(5-7-17)14-18(24)23-11-3-8-21(12-13-23)15-19(25)22-9-1-2-10-22/h4-7H,1-3,8-15H2. The minimum atomic E-state index is -0.288. The number of amides is 2. The second kappa shape index (κ2) is 8.43. The molecular weight excluding hydrogens is 321 g/mol. The van der Waals surface area contributed by atoms with Crippen LogP contribution in [-0.4, -0.2) is 72.3 Å². The zero-order valence-electron chi connectivity index (χ0n) is 14.6. The van der Waals surface area contributed by atoms with E-state index in [-0.39, 0.29) is 17.6 Å². The predicted molar refractivity (Wildman–Crippen MR) is 93.6 cm³/mol. The Kier molecular flexibility index (Phi) is 6.02. The van der Waals surface area contributed by atoms with Crippen molar-refractivity contribution in [3.05, 3.63) is 35.6 Å². The van der Waals surface area contributed by atoms with Gasteiger partial charge in [-0.3, -0.25) is 14.5 Å². The first-order chi connectivity index (χ1) is 12.1. The van der Waals surface area contributed by atoms with Crippen LogP contribution in [0.5, 0.6) is 0 Å². The number of hydrogen-bond donors (Lipinski definition) is 0. The van der Waals surface area contributed by atoms with Gasteiger partial charge in [0.1, 0.15) is 5.82 Å². The van der Waals surface area contributed by atoms with Crippen LogP contribution < -0.4 is 0 Å². The van der Waals surface area contributed by atoms with Crippen molar-refractivity contribution in [1.82, 2.24) is 14.7 Å². The van der Waals surface area contributed by atoms with Crippen molar-refractivity contribution in [2.24, 2.45) is 0 Å². The van der Waals surface area contributed by atoms with E-state index in [1.807, 2.05) is 9.80 Å². The maximum absolute atomic E-state index is 13.0. The molecule has 0 bridgehead atoms. The molecular formula is C19H26FN3O2. The van der Waals surface area contributed by atoms with Gasteiger partial charge in [0.2, 0.25) is 11.8 Å². The van der Waals surface area contributed by atoms with Crippen molar-refractivity contribution in [2.45, 2.75) is 25.7 Å². The Morgan fingerprint density at radius 2 is 1.44 bits per heavy atom. The number of carbonyl (C=O) groups excluding carboxylic acids is 2. The van der Waals surface area contributed by atoms with E-state index in [0.29, 0.717) is 26.1 Å². The average molecular weight is 347 g/mol. The molecule has 0 aliphatic carbocycles. The number of nitrogens with zero attached hydrogens (tertiary/aromatic N) is 3. The minimum absolute atomic E-state index is 0.0688. The number of likely N-dealkylation sites (tertiary alicyclic amines) is 1. The molecule has 1 aromatic carbocycles. The van der Waals surface area contributed by atoms with Crippen LogP contribution in [0.15, 0.2) is 24.3 Å². The van der Waals surface area contributed by atoms with Crippen LogP contribution in [0.4, 0.5) is 4.39 Å². The number of hydrogen-bond acceptors (Lipinski definition) is 3. The first-order valence-corrected chi connectivity index (χ1v) is 9.14. The summed E-state index contributed by atoms with van der Waals surface area (Å²) in [5.74, 6) is -0.00722. The van der Waals surface area contributed by atoms with Gasteiger partial charge in [-0.15, -0.1) is 0 Å². The summed E-state index contributed by atoms with van der Waals surface area (Å²) in [6.07, 6.45) is 3.39. The Hall–Kier alpha value is -1.95. The highest BCUT2D eigenvalue weighted by Gasteiger charge is 2.23. The van der Waals surface area contributed by atoms with Gasteiger partial charge in [-0.25, -0.2) is 4.39 Å². The minimum Gasteiger partial charge on any atom is -0.342 e. The largest absolute Gasteiger partial charge is 0.342 e. The summed E-state index contributed by atoms with van der Waals surface area (Å²) in [4.78, 5) is 30.7. The maximum Gasteiger partial charge on any atom is 0.236 e. The van der Waals surface area contributed by atoms with Crippen LogP contribution in [0.2, 0.25) is 0 Å². The Morgan fingerprint density at radius 1 is 0.800 bits per heavy atom. The third-order valence-electron chi connectivity index (χ3n) is 5.03. The zero-order valence-corrected chi connectivity index (χ0v) is 14.6. The van der Waals surface area contributed by atoms with Gasteiger partial charge in [-0.2, -0.15) is 0 Å². The first kappa shape index (κ1) is 17.9. The lowest BCUT2D eigenvalue weighted by molar-refractivity contribution is -0.131. The highest BCUT2D eigenvalue weighted by atomic mass is 19.1. The van der Waals surface area contributed by atoms with Crippen molar-refractivity contribution in [3.8, 4) is 0 Å². The van der Waals surface area contributed by atoms with E-state index in [0.717, 1.165) is 51.0 Å². The molecule has 0 spiro atoms. The maximum atomic E-state index is 13.0. The van der Waals surface area contributed by atoms with Crippen molar-refractivity contribution in [3.63, 3.8) is 0 Å². The molecule has 0 radical (unpaired) electrons. The summed E-state index contributed by atoms with van der Waals surface area (Å²) in [7, 11) is 0. The lowest BCUT2D eigenvalue weighted by Crippen LogP contribution is -2.41. The number of rotatable bonds is 4. The summed E-state index contributed by atoms with van der Waals surface area (Å²) in [5, 5.41) is 0. The molecule has 25 heavy (non-hydrogen) atoms. The lowest BCUT2D eigenvalue weighted by Gasteiger charge is -2.24. The van der Waals surface area contributed by atoms with Gasteiger partial charge in [0.15, 0.2) is 0 Å². The fourth-order valence-electron chi connectivity index (χ4n) is 3.52. The Morgan fingerprint density at radius 3 is 2.16 bits per heavy atom. The Bertz CT molecular complexity index is 599. The van der Waals surface area contributed by atoms with Crippen molar-refractivity contribution in [1.29, 1.82) is 0 Å². The van der Waals surface area contributed by atoms with E-state index < -0.39 is 0 Å². The third-order valence-corrected chi connectivity index (χ3v) is 5.03. The van der Waals surface area contributed by atoms with Gasteiger partial charge in [-0.05, 0) is 37.0 Å². The number of halogens is 1. The van der Waals surface area contributed by atoms with E-state index in [2.05, 4.69) is 4.90 Å². The normalized spacial score (nSPS) is 19.1. The molecule has 0 saturated carbocycles. The number of carbonyl (C=O) groups is 2. The highest BCUT2D eigenvalue weighted by Crippen LogP contribution is 2.11. The van der Waals surface area contributed by atoms with E-state index in [1.54, 1.807) is 12.1 Å². The SMILES string of the molecule is O=C(Cc1ccc(F)cc1)N1CCCN(CC(=O)N2CCCC2)CC1. The van der Waals surface area contributed by atoms with Gasteiger partial charge in [-0.1, -0.05) is 12.1 Å². The van der Waals surface area contributed by atoms with Gasteiger partial charge >= 0.3 is 0 Å². The van der Waals surface area contributed by atoms with Crippen LogP contribution in [0, 0.1) is 5.82 Å². The summed E-state index contributed by atoms with van der Waals surface area (Å²) in [6.45, 7) is 5.17. The van der Waals surface area contributed by atoms with Gasteiger partial charge in [0.25, 0.3) is 0 Å². The van der Waals surface area contributed by atoms with Crippen molar-refractivity contribution >= 4 is 11.8 Å². The molecule has 2 fully saturated rings. The molecule has 1 aromatic rings. The molecule has 0 N–H and O–H groups in total. The van der Waals surface area contributed by atoms with Crippen LogP contribution in [0.1, 0.15) is 24.8 Å². The van der Waals surface area contributed by atoms with Crippen LogP contribution in [0.3, 0.4) is 0 Å². The molecule has 2 aliphatic rings. The highest BCUT2D eigenvalue weighted by molar-refractivity contribution is 5.79. The lowest BCUT2D eigenvalue weighted by atomic mass is 10.1. The molecule has 2 amide bonds. The van der Waals surface area contributed by atoms with Crippen LogP contribution in [0.25, 0.3) is 0 Å². The summed E-state index contributed by atoms with van der Waals surface area (Å²) in [5.41, 5.74) is 0.830. The molecule has 6 heteroatoms. The van der Waals surface area contributed by atoms with Crippen molar-refractivity contribution in [2.75, 3.05) is 45.8 Å². The van der Waals surface area contributed by atoms with Crippen molar-refractivity contribution < 1.29 is 14.0 Å². The summed E-state index contributed by atoms with van der Waals surface area (Å²) < 4.78 is 13.0. The predicted octanol–water partition coefficient (Wildman–Crippen LogP) is 1.52. The average Bonchev–Trinajstić information content (AvgIpc) is 3.04. The second-order valence-corrected chi connectivity index (χ2v) is 6.90. The zero-order chi connectivity index (χ0) is 17.6. The van der Waals surface area contributed by atoms with E-state index in [4.69, 9.17) is 0 Å². The fourth-order valence-corrected chi connectivity index (χ4v) is 3.52. The molecule has 0 atom stereocenters. The first-order valence-electron chi connectivity index (χ1n) is 9.14. The van der Waals surface area contributed by atoms with E-state index >= 15 is 0 Å². The Balaban J connectivity index is 1.48. The molecule has 2 heterocycles. The summed E-state index contributed by atoms with van der Waals surface area (Å²) >= 11 is 0. The molecule has 2 saturated heterocycles. The quantitative estimate of drug-likeness (QED) is 0.830. The van der Waals surface area contributed by atoms with E-state index in [9.17, 15) is 14.0 Å². The molecule has 0 unspecified atom stereocenters. The van der Waals surface area contributed by atoms with E-state index in [1.165, 1.54) is 12.1 Å². The fraction of sp³-hybridized carbons (Fsp3) is 0.579. The molecule has 136 valence electrons. The molecule has 3 rings (SSSR count). The molecule has 2 aliphatic heterocycles. The second-order valence-electron chi connectivity index (χ2n) is 6.90. The summed E-state index contributed by atoms with van der Waals surface area (Å²) in [6, 6.07) is 6.09. The number of benzene rings is 1. The monoisotopic (exact) mass is 347 g/mol. The van der Waals surface area contributed by atoms with Gasteiger partial charge in [0.05, 0.1) is 13.0 Å². The third kappa shape index (κ3) is 5.01. The van der Waals surface area contributed by atoms with Crippen LogP contribution >= 0.6 is 0 Å². The molecule has 5 nitrogen and oxygen atoms in total. The van der Waals surface area contributed by atoms with Gasteiger partial charge in [0, 0.05) is 39.3 Å². The molecule has 0 aromatic heterocycles. The topological polar surface area (TPSA) is 43.9 Å². The Labute approximate surface area is 148 Å². The smallest absolute Gasteiger partial charge is 0.236 e. The van der Waals surface area contributed by atoms with Gasteiger partial charge < -0.3 is 9.80 Å².